The quantitative estimate of drug-likeness (QED) is 0.145. The summed E-state index contributed by atoms with van der Waals surface area (Å²) < 4.78 is 0. The molecule has 0 unspecified atom stereocenters. The number of hydrogen-bond acceptors (Lipinski definition) is 1. The van der Waals surface area contributed by atoms with Crippen LogP contribution >= 0.6 is 0 Å². The van der Waals surface area contributed by atoms with Gasteiger partial charge in [-0.15, -0.1) is 0 Å². The predicted molar refractivity (Wildman–Crippen MR) is 234 cm³/mol. The fourth-order valence-electron chi connectivity index (χ4n) is 7.50. The Hall–Kier alpha value is -7.22. The van der Waals surface area contributed by atoms with Gasteiger partial charge in [0.2, 0.25) is 0 Å². The molecule has 0 saturated carbocycles. The molecule has 0 heterocycles. The Labute approximate surface area is 324 Å². The van der Waals surface area contributed by atoms with Crippen LogP contribution in [0.25, 0.3) is 66.8 Å². The largest absolute Gasteiger partial charge is 0.310 e. The third-order valence-electron chi connectivity index (χ3n) is 10.3. The maximum absolute atomic E-state index is 2.38. The minimum Gasteiger partial charge on any atom is -0.310 e. The molecule has 0 saturated heterocycles. The maximum Gasteiger partial charge on any atom is 0.0540 e. The van der Waals surface area contributed by atoms with Gasteiger partial charge < -0.3 is 4.90 Å². The average molecular weight is 702 g/mol. The number of benzene rings is 9. The fraction of sp³-hybridized carbons (Fsp3) is 0. The highest BCUT2D eigenvalue weighted by molar-refractivity contribution is 5.90. The van der Waals surface area contributed by atoms with E-state index in [0.29, 0.717) is 0 Å². The predicted octanol–water partition coefficient (Wildman–Crippen LogP) is 15.2. The van der Waals surface area contributed by atoms with Crippen molar-refractivity contribution in [2.75, 3.05) is 4.90 Å². The van der Waals surface area contributed by atoms with Crippen LogP contribution in [0.5, 0.6) is 0 Å². The summed E-state index contributed by atoms with van der Waals surface area (Å²) >= 11 is 0. The van der Waals surface area contributed by atoms with E-state index in [0.717, 1.165) is 17.1 Å². The Balaban J connectivity index is 1.10. The van der Waals surface area contributed by atoms with Gasteiger partial charge in [0.05, 0.1) is 5.69 Å². The summed E-state index contributed by atoms with van der Waals surface area (Å²) in [6, 6.07) is 84.9. The molecule has 260 valence electrons. The molecule has 0 amide bonds. The molecule has 0 aliphatic rings. The number of hydrogen-bond donors (Lipinski definition) is 0. The van der Waals surface area contributed by atoms with E-state index in [2.05, 4.69) is 241 Å². The van der Waals surface area contributed by atoms with E-state index in [4.69, 9.17) is 0 Å². The number of rotatable bonds is 9. The smallest absolute Gasteiger partial charge is 0.0540 e. The molecule has 55 heavy (non-hydrogen) atoms. The van der Waals surface area contributed by atoms with Crippen LogP contribution in [0.1, 0.15) is 0 Å². The summed E-state index contributed by atoms with van der Waals surface area (Å²) in [5, 5.41) is 0. The summed E-state index contributed by atoms with van der Waals surface area (Å²) in [6.07, 6.45) is 0. The van der Waals surface area contributed by atoms with Crippen molar-refractivity contribution in [1.82, 2.24) is 0 Å². The first-order valence-electron chi connectivity index (χ1n) is 18.8. The van der Waals surface area contributed by atoms with E-state index in [1.54, 1.807) is 0 Å². The van der Waals surface area contributed by atoms with E-state index < -0.39 is 0 Å². The normalized spacial score (nSPS) is 10.9. The lowest BCUT2D eigenvalue weighted by Crippen LogP contribution is -2.11. The molecular weight excluding hydrogens is 663 g/mol. The van der Waals surface area contributed by atoms with Gasteiger partial charge >= 0.3 is 0 Å². The van der Waals surface area contributed by atoms with Crippen LogP contribution in [0.2, 0.25) is 0 Å². The summed E-state index contributed by atoms with van der Waals surface area (Å²) in [5.74, 6) is 0. The van der Waals surface area contributed by atoms with Crippen LogP contribution in [0.15, 0.2) is 237 Å². The number of nitrogens with zero attached hydrogens (tertiary/aromatic N) is 1. The molecular formula is C54H39N. The Morgan fingerprint density at radius 3 is 1.02 bits per heavy atom. The van der Waals surface area contributed by atoms with Gasteiger partial charge in [-0.25, -0.2) is 0 Å². The van der Waals surface area contributed by atoms with Crippen LogP contribution in [0.4, 0.5) is 17.1 Å². The van der Waals surface area contributed by atoms with Crippen LogP contribution in [0.3, 0.4) is 0 Å². The fourth-order valence-corrected chi connectivity index (χ4v) is 7.50. The molecule has 1 heteroatoms. The zero-order valence-corrected chi connectivity index (χ0v) is 30.5. The van der Waals surface area contributed by atoms with Crippen LogP contribution < -0.4 is 4.90 Å². The highest BCUT2D eigenvalue weighted by atomic mass is 15.1. The second-order valence-corrected chi connectivity index (χ2v) is 13.7. The molecule has 0 aliphatic heterocycles. The number of anilines is 3. The van der Waals surface area contributed by atoms with E-state index in [9.17, 15) is 0 Å². The van der Waals surface area contributed by atoms with Gasteiger partial charge in [-0.05, 0) is 97.6 Å². The topological polar surface area (TPSA) is 3.24 Å². The van der Waals surface area contributed by atoms with E-state index in [1.165, 1.54) is 66.8 Å². The van der Waals surface area contributed by atoms with Gasteiger partial charge in [-0.2, -0.15) is 0 Å². The average Bonchev–Trinajstić information content (AvgIpc) is 3.28. The first kappa shape index (κ1) is 33.6. The molecule has 0 radical (unpaired) electrons. The summed E-state index contributed by atoms with van der Waals surface area (Å²) in [6.45, 7) is 0. The minimum atomic E-state index is 1.09. The molecule has 0 aliphatic carbocycles. The summed E-state index contributed by atoms with van der Waals surface area (Å²) in [4.78, 5) is 2.38. The van der Waals surface area contributed by atoms with Gasteiger partial charge in [-0.3, -0.25) is 0 Å². The van der Waals surface area contributed by atoms with Crippen molar-refractivity contribution in [3.05, 3.63) is 237 Å². The van der Waals surface area contributed by atoms with Crippen molar-refractivity contribution in [1.29, 1.82) is 0 Å². The van der Waals surface area contributed by atoms with Crippen LogP contribution in [-0.2, 0) is 0 Å². The van der Waals surface area contributed by atoms with Gasteiger partial charge in [0.1, 0.15) is 0 Å². The molecule has 0 spiro atoms. The molecule has 9 rings (SSSR count). The van der Waals surface area contributed by atoms with E-state index >= 15 is 0 Å². The van der Waals surface area contributed by atoms with Gasteiger partial charge in [0.15, 0.2) is 0 Å². The van der Waals surface area contributed by atoms with Crippen molar-refractivity contribution in [3.63, 3.8) is 0 Å². The zero-order chi connectivity index (χ0) is 36.8. The standard InChI is InChI=1S/C54H39N/c1-5-15-40(16-6-1)41-25-27-42(28-26-41)43-29-34-49(35-30-43)55(54-24-14-13-23-52(54)46-19-9-3-10-20-46)50-36-31-44(32-37-50)48-33-38-51(45-17-7-2-8-18-45)53(39-48)47-21-11-4-12-22-47/h1-39H. The maximum atomic E-state index is 2.38. The Bertz CT molecular complexity index is 2630. The van der Waals surface area contributed by atoms with Crippen molar-refractivity contribution < 1.29 is 0 Å². The van der Waals surface area contributed by atoms with Gasteiger partial charge in [-0.1, -0.05) is 200 Å². The molecule has 0 fully saturated rings. The first-order valence-corrected chi connectivity index (χ1v) is 18.8. The summed E-state index contributed by atoms with van der Waals surface area (Å²) in [5.41, 5.74) is 17.7. The van der Waals surface area contributed by atoms with Crippen molar-refractivity contribution in [2.24, 2.45) is 0 Å². The van der Waals surface area contributed by atoms with Crippen molar-refractivity contribution >= 4 is 17.1 Å². The molecule has 1 nitrogen and oxygen atoms in total. The third kappa shape index (κ3) is 7.12. The summed E-state index contributed by atoms with van der Waals surface area (Å²) in [7, 11) is 0. The van der Waals surface area contributed by atoms with E-state index in [-0.39, 0.29) is 0 Å². The second kappa shape index (κ2) is 15.4. The number of para-hydroxylation sites is 1. The van der Waals surface area contributed by atoms with E-state index in [1.807, 2.05) is 0 Å². The minimum absolute atomic E-state index is 1.09. The Morgan fingerprint density at radius 2 is 0.527 bits per heavy atom. The zero-order valence-electron chi connectivity index (χ0n) is 30.5. The van der Waals surface area contributed by atoms with Gasteiger partial charge in [0, 0.05) is 16.9 Å². The molecule has 0 aromatic heterocycles. The molecule has 9 aromatic carbocycles. The first-order chi connectivity index (χ1) is 27.3. The lowest BCUT2D eigenvalue weighted by atomic mass is 9.91. The lowest BCUT2D eigenvalue weighted by molar-refractivity contribution is 1.28. The van der Waals surface area contributed by atoms with Crippen molar-refractivity contribution in [2.45, 2.75) is 0 Å². The second-order valence-electron chi connectivity index (χ2n) is 13.7. The van der Waals surface area contributed by atoms with Crippen LogP contribution in [-0.4, -0.2) is 0 Å². The SMILES string of the molecule is c1ccc(-c2ccc(-c3ccc(N(c4ccc(-c5ccc(-c6ccccc6)c(-c6ccccc6)c5)cc4)c4ccccc4-c4ccccc4)cc3)cc2)cc1. The Morgan fingerprint density at radius 1 is 0.200 bits per heavy atom. The molecule has 0 bridgehead atoms. The van der Waals surface area contributed by atoms with Crippen LogP contribution in [0, 0.1) is 0 Å². The monoisotopic (exact) mass is 701 g/mol. The highest BCUT2D eigenvalue weighted by Crippen LogP contribution is 2.42. The lowest BCUT2D eigenvalue weighted by Gasteiger charge is -2.28. The van der Waals surface area contributed by atoms with Gasteiger partial charge in [0.25, 0.3) is 0 Å². The highest BCUT2D eigenvalue weighted by Gasteiger charge is 2.18. The molecule has 9 aromatic rings. The molecule has 0 N–H and O–H groups in total. The van der Waals surface area contributed by atoms with Crippen molar-refractivity contribution in [3.8, 4) is 66.8 Å². The molecule has 0 atom stereocenters. The third-order valence-corrected chi connectivity index (χ3v) is 10.3. The Kier molecular flexibility index (Phi) is 9.41.